The zero-order valence-electron chi connectivity index (χ0n) is 12.4. The average Bonchev–Trinajstić information content (AvgIpc) is 2.46. The average molecular weight is 313 g/mol. The molecule has 1 aromatic rings. The molecule has 0 bridgehead atoms. The van der Waals surface area contributed by atoms with Crippen molar-refractivity contribution in [3.8, 4) is 0 Å². The molecule has 21 heavy (non-hydrogen) atoms. The van der Waals surface area contributed by atoms with Crippen molar-refractivity contribution in [3.05, 3.63) is 35.9 Å². The molecule has 0 aromatic heterocycles. The molecule has 0 aliphatic carbocycles. The Kier molecular flexibility index (Phi) is 7.18. The molecule has 1 atom stereocenters. The molecule has 6 nitrogen and oxygen atoms in total. The monoisotopic (exact) mass is 313 g/mol. The van der Waals surface area contributed by atoms with E-state index in [9.17, 15) is 13.5 Å². The van der Waals surface area contributed by atoms with Crippen LogP contribution < -0.4 is 10.6 Å². The first kappa shape index (κ1) is 17.5. The van der Waals surface area contributed by atoms with Crippen molar-refractivity contribution in [2.45, 2.75) is 5.92 Å². The number of hydrogen-bond donors (Lipinski definition) is 3. The van der Waals surface area contributed by atoms with Gasteiger partial charge in [-0.2, -0.15) is 0 Å². The number of rotatable bonds is 7. The molecule has 118 valence electrons. The minimum absolute atomic E-state index is 0.0251. The van der Waals surface area contributed by atoms with Crippen LogP contribution in [0.2, 0.25) is 0 Å². The van der Waals surface area contributed by atoms with E-state index in [1.54, 1.807) is 7.05 Å². The molecule has 0 spiro atoms. The van der Waals surface area contributed by atoms with E-state index in [2.05, 4.69) is 15.6 Å². The second kappa shape index (κ2) is 8.63. The van der Waals surface area contributed by atoms with Crippen LogP contribution in [0, 0.1) is 0 Å². The Morgan fingerprint density at radius 1 is 1.29 bits per heavy atom. The van der Waals surface area contributed by atoms with Crippen molar-refractivity contribution < 1.29 is 13.5 Å². The van der Waals surface area contributed by atoms with Crippen LogP contribution in [0.15, 0.2) is 35.3 Å². The lowest BCUT2D eigenvalue weighted by Crippen LogP contribution is -2.41. The van der Waals surface area contributed by atoms with Gasteiger partial charge in [0.2, 0.25) is 0 Å². The van der Waals surface area contributed by atoms with Gasteiger partial charge in [-0.15, -0.1) is 0 Å². The number of aliphatic imine (C=N–C) groups is 1. The molecule has 1 aromatic carbocycles. The van der Waals surface area contributed by atoms with Gasteiger partial charge < -0.3 is 15.7 Å². The summed E-state index contributed by atoms with van der Waals surface area (Å²) in [6.07, 6.45) is 1.20. The van der Waals surface area contributed by atoms with Gasteiger partial charge in [-0.25, -0.2) is 8.42 Å². The summed E-state index contributed by atoms with van der Waals surface area (Å²) in [7, 11) is -1.37. The Morgan fingerprint density at radius 3 is 2.48 bits per heavy atom. The van der Waals surface area contributed by atoms with Crippen LogP contribution in [0.3, 0.4) is 0 Å². The Labute approximate surface area is 126 Å². The number of aliphatic hydroxyl groups excluding tert-OH is 1. The summed E-state index contributed by atoms with van der Waals surface area (Å²) in [5, 5.41) is 15.5. The van der Waals surface area contributed by atoms with Crippen LogP contribution in [-0.2, 0) is 9.84 Å². The number of aliphatic hydroxyl groups is 1. The first-order valence-electron chi connectivity index (χ1n) is 6.74. The van der Waals surface area contributed by atoms with Crippen LogP contribution >= 0.6 is 0 Å². The summed E-state index contributed by atoms with van der Waals surface area (Å²) in [5.74, 6) is 0.531. The smallest absolute Gasteiger partial charge is 0.191 e. The molecule has 3 N–H and O–H groups in total. The van der Waals surface area contributed by atoms with Gasteiger partial charge in [-0.05, 0) is 5.56 Å². The van der Waals surface area contributed by atoms with Gasteiger partial charge in [-0.3, -0.25) is 4.99 Å². The SMILES string of the molecule is CN=C(NCCS(C)(=O)=O)NCC(CO)c1ccccc1. The van der Waals surface area contributed by atoms with Crippen LogP contribution in [0.1, 0.15) is 11.5 Å². The van der Waals surface area contributed by atoms with E-state index in [0.717, 1.165) is 5.56 Å². The summed E-state index contributed by atoms with van der Waals surface area (Å²) >= 11 is 0. The van der Waals surface area contributed by atoms with E-state index in [1.165, 1.54) is 6.26 Å². The fourth-order valence-corrected chi connectivity index (χ4v) is 2.28. The van der Waals surface area contributed by atoms with Crippen LogP contribution in [0.25, 0.3) is 0 Å². The molecular formula is C14H23N3O3S. The number of nitrogens with one attached hydrogen (secondary N) is 2. The lowest BCUT2D eigenvalue weighted by atomic mass is 10.0. The Morgan fingerprint density at radius 2 is 1.95 bits per heavy atom. The molecule has 0 aliphatic rings. The highest BCUT2D eigenvalue weighted by atomic mass is 32.2. The van der Waals surface area contributed by atoms with E-state index in [4.69, 9.17) is 0 Å². The second-order valence-corrected chi connectivity index (χ2v) is 7.06. The zero-order chi connectivity index (χ0) is 15.7. The number of nitrogens with zero attached hydrogens (tertiary/aromatic N) is 1. The highest BCUT2D eigenvalue weighted by Gasteiger charge is 2.11. The van der Waals surface area contributed by atoms with Gasteiger partial charge >= 0.3 is 0 Å². The van der Waals surface area contributed by atoms with Crippen molar-refractivity contribution in [1.82, 2.24) is 10.6 Å². The first-order valence-corrected chi connectivity index (χ1v) is 8.80. The molecule has 0 aliphatic heterocycles. The van der Waals surface area contributed by atoms with Crippen LogP contribution in [-0.4, -0.2) is 58.2 Å². The van der Waals surface area contributed by atoms with E-state index in [1.807, 2.05) is 30.3 Å². The maximum Gasteiger partial charge on any atom is 0.191 e. The third-order valence-corrected chi connectivity index (χ3v) is 3.94. The Bertz CT molecular complexity index is 544. The highest BCUT2D eigenvalue weighted by Crippen LogP contribution is 2.13. The molecule has 1 rings (SSSR count). The summed E-state index contributed by atoms with van der Waals surface area (Å²) in [4.78, 5) is 4.03. The van der Waals surface area contributed by atoms with Crippen molar-refractivity contribution in [2.24, 2.45) is 4.99 Å². The molecule has 0 heterocycles. The van der Waals surface area contributed by atoms with Crippen molar-refractivity contribution in [1.29, 1.82) is 0 Å². The maximum absolute atomic E-state index is 11.1. The number of sulfone groups is 1. The molecule has 0 saturated heterocycles. The number of hydrogen-bond acceptors (Lipinski definition) is 4. The topological polar surface area (TPSA) is 90.8 Å². The van der Waals surface area contributed by atoms with Gasteiger partial charge in [0.25, 0.3) is 0 Å². The minimum atomic E-state index is -2.99. The Balaban J connectivity index is 2.47. The first-order chi connectivity index (χ1) is 9.96. The lowest BCUT2D eigenvalue weighted by molar-refractivity contribution is 0.265. The van der Waals surface area contributed by atoms with Crippen LogP contribution in [0.5, 0.6) is 0 Å². The summed E-state index contributed by atoms with van der Waals surface area (Å²) in [6.45, 7) is 0.837. The van der Waals surface area contributed by atoms with E-state index >= 15 is 0 Å². The minimum Gasteiger partial charge on any atom is -0.396 e. The fraction of sp³-hybridized carbons (Fsp3) is 0.500. The predicted molar refractivity (Wildman–Crippen MR) is 85.3 cm³/mol. The predicted octanol–water partition coefficient (Wildman–Crippen LogP) is -0.0279. The number of benzene rings is 1. The molecule has 0 fully saturated rings. The third kappa shape index (κ3) is 7.10. The van der Waals surface area contributed by atoms with Gasteiger partial charge in [0.1, 0.15) is 9.84 Å². The molecule has 0 saturated carbocycles. The van der Waals surface area contributed by atoms with Gasteiger partial charge in [0.15, 0.2) is 5.96 Å². The van der Waals surface area contributed by atoms with Crippen LogP contribution in [0.4, 0.5) is 0 Å². The summed E-state index contributed by atoms with van der Waals surface area (Å²) < 4.78 is 22.1. The highest BCUT2D eigenvalue weighted by molar-refractivity contribution is 7.90. The molecule has 1 unspecified atom stereocenters. The zero-order valence-corrected chi connectivity index (χ0v) is 13.2. The van der Waals surface area contributed by atoms with E-state index < -0.39 is 9.84 Å². The molecule has 0 amide bonds. The quantitative estimate of drug-likeness (QED) is 0.486. The summed E-state index contributed by atoms with van der Waals surface area (Å²) in [6, 6.07) is 9.70. The molecule has 0 radical (unpaired) electrons. The lowest BCUT2D eigenvalue weighted by Gasteiger charge is -2.18. The third-order valence-electron chi connectivity index (χ3n) is 3.00. The van der Waals surface area contributed by atoms with Gasteiger partial charge in [0, 0.05) is 32.3 Å². The van der Waals surface area contributed by atoms with E-state index in [-0.39, 0.29) is 18.3 Å². The van der Waals surface area contributed by atoms with Gasteiger partial charge in [-0.1, -0.05) is 30.3 Å². The van der Waals surface area contributed by atoms with Crippen molar-refractivity contribution >= 4 is 15.8 Å². The van der Waals surface area contributed by atoms with Gasteiger partial charge in [0.05, 0.1) is 12.4 Å². The Hall–Kier alpha value is -1.60. The molecule has 7 heteroatoms. The fourth-order valence-electron chi connectivity index (χ4n) is 1.81. The number of guanidine groups is 1. The summed E-state index contributed by atoms with van der Waals surface area (Å²) in [5.41, 5.74) is 1.04. The van der Waals surface area contributed by atoms with E-state index in [0.29, 0.717) is 19.0 Å². The van der Waals surface area contributed by atoms with Crippen molar-refractivity contribution in [2.75, 3.05) is 38.8 Å². The second-order valence-electron chi connectivity index (χ2n) is 4.80. The maximum atomic E-state index is 11.1. The normalized spacial score (nSPS) is 13.8. The van der Waals surface area contributed by atoms with Crippen molar-refractivity contribution in [3.63, 3.8) is 0 Å². The molecular weight excluding hydrogens is 290 g/mol. The standard InChI is InChI=1S/C14H23N3O3S/c1-15-14(16-8-9-21(2,19)20)17-10-13(11-18)12-6-4-3-5-7-12/h3-7,13,18H,8-11H2,1-2H3,(H2,15,16,17). The largest absolute Gasteiger partial charge is 0.396 e.